The highest BCUT2D eigenvalue weighted by atomic mass is 16.2. The van der Waals surface area contributed by atoms with E-state index in [-0.39, 0.29) is 0 Å². The van der Waals surface area contributed by atoms with Gasteiger partial charge in [-0.1, -0.05) is 33.1 Å². The Morgan fingerprint density at radius 2 is 1.69 bits per heavy atom. The second-order valence-corrected chi connectivity index (χ2v) is 4.96. The van der Waals surface area contributed by atoms with Gasteiger partial charge >= 0.3 is 0 Å². The van der Waals surface area contributed by atoms with Crippen LogP contribution in [-0.4, -0.2) is 22.9 Å². The average Bonchev–Trinajstić information content (AvgIpc) is 2.23. The Balaban J connectivity index is 4.08. The molecule has 2 nitrogen and oxygen atoms in total. The Labute approximate surface area is 101 Å². The lowest BCUT2D eigenvalue weighted by atomic mass is 10.1. The fourth-order valence-electron chi connectivity index (χ4n) is 2.07. The Kier molecular flexibility index (Phi) is 8.32. The van der Waals surface area contributed by atoms with E-state index in [1.165, 1.54) is 19.3 Å². The first-order chi connectivity index (χ1) is 7.54. The Morgan fingerprint density at radius 1 is 1.06 bits per heavy atom. The predicted octanol–water partition coefficient (Wildman–Crippen LogP) is 3.99. The van der Waals surface area contributed by atoms with Crippen LogP contribution in [0.3, 0.4) is 0 Å². The Bertz CT molecular complexity index is 189. The van der Waals surface area contributed by atoms with Gasteiger partial charge in [0.1, 0.15) is 0 Å². The van der Waals surface area contributed by atoms with Gasteiger partial charge in [0.15, 0.2) is 0 Å². The van der Waals surface area contributed by atoms with Crippen molar-refractivity contribution in [2.24, 2.45) is 0 Å². The van der Waals surface area contributed by atoms with Gasteiger partial charge in [-0.05, 0) is 33.6 Å². The Hall–Kier alpha value is -0.530. The number of rotatable bonds is 8. The third-order valence-electron chi connectivity index (χ3n) is 3.15. The van der Waals surface area contributed by atoms with Crippen LogP contribution in [0.5, 0.6) is 0 Å². The third kappa shape index (κ3) is 5.53. The van der Waals surface area contributed by atoms with Gasteiger partial charge in [0.25, 0.3) is 0 Å². The van der Waals surface area contributed by atoms with E-state index in [0.717, 1.165) is 19.3 Å². The third-order valence-corrected chi connectivity index (χ3v) is 3.15. The summed E-state index contributed by atoms with van der Waals surface area (Å²) in [5.74, 6) is 0.334. The van der Waals surface area contributed by atoms with E-state index in [9.17, 15) is 4.79 Å². The molecule has 0 saturated heterocycles. The van der Waals surface area contributed by atoms with Crippen molar-refractivity contribution in [3.63, 3.8) is 0 Å². The molecule has 0 spiro atoms. The summed E-state index contributed by atoms with van der Waals surface area (Å²) in [7, 11) is 0. The maximum Gasteiger partial charge on any atom is 0.223 e. The molecular formula is C14H29NO. The zero-order valence-electron chi connectivity index (χ0n) is 11.8. The van der Waals surface area contributed by atoms with Crippen molar-refractivity contribution >= 4 is 5.91 Å². The first-order valence-corrected chi connectivity index (χ1v) is 6.85. The van der Waals surface area contributed by atoms with Crippen molar-refractivity contribution in [2.45, 2.75) is 85.2 Å². The van der Waals surface area contributed by atoms with Crippen LogP contribution in [0.4, 0.5) is 0 Å². The minimum atomic E-state index is 0.327. The molecule has 1 amide bonds. The Morgan fingerprint density at radius 3 is 2.12 bits per heavy atom. The van der Waals surface area contributed by atoms with E-state index >= 15 is 0 Å². The second kappa shape index (κ2) is 8.60. The van der Waals surface area contributed by atoms with E-state index in [4.69, 9.17) is 0 Å². The minimum Gasteiger partial charge on any atom is -0.338 e. The van der Waals surface area contributed by atoms with Gasteiger partial charge in [0.05, 0.1) is 0 Å². The normalized spacial score (nSPS) is 12.9. The first kappa shape index (κ1) is 15.5. The fourth-order valence-corrected chi connectivity index (χ4v) is 2.07. The summed E-state index contributed by atoms with van der Waals surface area (Å²) in [5, 5.41) is 0. The fraction of sp³-hybridized carbons (Fsp3) is 0.929. The predicted molar refractivity (Wildman–Crippen MR) is 70.5 cm³/mol. The van der Waals surface area contributed by atoms with Crippen LogP contribution >= 0.6 is 0 Å². The van der Waals surface area contributed by atoms with Gasteiger partial charge in [-0.2, -0.15) is 0 Å². The highest BCUT2D eigenvalue weighted by Crippen LogP contribution is 2.13. The molecule has 16 heavy (non-hydrogen) atoms. The molecule has 0 aliphatic heterocycles. The van der Waals surface area contributed by atoms with Gasteiger partial charge in [-0.3, -0.25) is 4.79 Å². The molecule has 0 aromatic carbocycles. The lowest BCUT2D eigenvalue weighted by Gasteiger charge is -2.32. The standard InChI is InChI=1S/C14H29NO/c1-6-8-9-10-11-14(16)15(12(3)4)13(5)7-2/h12-13H,6-11H2,1-5H3. The summed E-state index contributed by atoms with van der Waals surface area (Å²) in [5.41, 5.74) is 0. The summed E-state index contributed by atoms with van der Waals surface area (Å²) < 4.78 is 0. The molecule has 1 unspecified atom stereocenters. The summed E-state index contributed by atoms with van der Waals surface area (Å²) in [6.45, 7) is 10.7. The molecule has 2 heteroatoms. The highest BCUT2D eigenvalue weighted by molar-refractivity contribution is 5.76. The van der Waals surface area contributed by atoms with Crippen LogP contribution in [0, 0.1) is 0 Å². The second-order valence-electron chi connectivity index (χ2n) is 4.96. The molecule has 0 aromatic rings. The molecule has 1 atom stereocenters. The maximum atomic E-state index is 12.1. The van der Waals surface area contributed by atoms with Crippen molar-refractivity contribution in [2.75, 3.05) is 0 Å². The molecule has 0 aliphatic rings. The molecule has 0 saturated carbocycles. The van der Waals surface area contributed by atoms with Gasteiger partial charge in [0.2, 0.25) is 5.91 Å². The number of unbranched alkanes of at least 4 members (excludes halogenated alkanes) is 3. The minimum absolute atomic E-state index is 0.327. The van der Waals surface area contributed by atoms with Crippen LogP contribution in [-0.2, 0) is 4.79 Å². The molecule has 96 valence electrons. The number of hydrogen-bond donors (Lipinski definition) is 0. The number of hydrogen-bond acceptors (Lipinski definition) is 1. The van der Waals surface area contributed by atoms with E-state index in [0.29, 0.717) is 18.0 Å². The lowest BCUT2D eigenvalue weighted by Crippen LogP contribution is -2.43. The number of carbonyl (C=O) groups excluding carboxylic acids is 1. The van der Waals surface area contributed by atoms with Crippen LogP contribution in [0.1, 0.15) is 73.1 Å². The van der Waals surface area contributed by atoms with Crippen LogP contribution in [0.15, 0.2) is 0 Å². The van der Waals surface area contributed by atoms with Crippen LogP contribution in [0.25, 0.3) is 0 Å². The first-order valence-electron chi connectivity index (χ1n) is 6.85. The lowest BCUT2D eigenvalue weighted by molar-refractivity contribution is -0.135. The van der Waals surface area contributed by atoms with Crippen molar-refractivity contribution in [1.82, 2.24) is 4.90 Å². The van der Waals surface area contributed by atoms with E-state index in [1.807, 2.05) is 4.90 Å². The van der Waals surface area contributed by atoms with Crippen molar-refractivity contribution in [3.05, 3.63) is 0 Å². The number of carbonyl (C=O) groups is 1. The molecule has 0 heterocycles. The number of nitrogens with zero attached hydrogens (tertiary/aromatic N) is 1. The van der Waals surface area contributed by atoms with Crippen molar-refractivity contribution in [1.29, 1.82) is 0 Å². The van der Waals surface area contributed by atoms with Crippen LogP contribution in [0.2, 0.25) is 0 Å². The number of amides is 1. The summed E-state index contributed by atoms with van der Waals surface area (Å²) in [6, 6.07) is 0.701. The van der Waals surface area contributed by atoms with Gasteiger partial charge in [0, 0.05) is 18.5 Å². The largest absolute Gasteiger partial charge is 0.338 e. The zero-order valence-corrected chi connectivity index (χ0v) is 11.8. The monoisotopic (exact) mass is 227 g/mol. The molecular weight excluding hydrogens is 198 g/mol. The molecule has 0 radical (unpaired) electrons. The van der Waals surface area contributed by atoms with Crippen LogP contribution < -0.4 is 0 Å². The van der Waals surface area contributed by atoms with Gasteiger partial charge in [-0.15, -0.1) is 0 Å². The summed E-state index contributed by atoms with van der Waals surface area (Å²) in [6.07, 6.45) is 6.48. The molecule has 0 aromatic heterocycles. The van der Waals surface area contributed by atoms with Gasteiger partial charge < -0.3 is 4.90 Å². The van der Waals surface area contributed by atoms with Crippen molar-refractivity contribution in [3.8, 4) is 0 Å². The molecule has 0 fully saturated rings. The van der Waals surface area contributed by atoms with E-state index in [2.05, 4.69) is 34.6 Å². The zero-order chi connectivity index (χ0) is 12.6. The summed E-state index contributed by atoms with van der Waals surface area (Å²) in [4.78, 5) is 14.1. The highest BCUT2D eigenvalue weighted by Gasteiger charge is 2.20. The quantitative estimate of drug-likeness (QED) is 0.574. The topological polar surface area (TPSA) is 20.3 Å². The SMILES string of the molecule is CCCCCCC(=O)N(C(C)C)C(C)CC. The molecule has 0 N–H and O–H groups in total. The van der Waals surface area contributed by atoms with E-state index in [1.54, 1.807) is 0 Å². The maximum absolute atomic E-state index is 12.1. The van der Waals surface area contributed by atoms with Gasteiger partial charge in [-0.25, -0.2) is 0 Å². The molecule has 0 rings (SSSR count). The smallest absolute Gasteiger partial charge is 0.223 e. The average molecular weight is 227 g/mol. The van der Waals surface area contributed by atoms with E-state index < -0.39 is 0 Å². The molecule has 0 bridgehead atoms. The molecule has 0 aliphatic carbocycles. The van der Waals surface area contributed by atoms with Crippen molar-refractivity contribution < 1.29 is 4.79 Å². The summed E-state index contributed by atoms with van der Waals surface area (Å²) >= 11 is 0.